The molecule has 1 atom stereocenters. The molecule has 0 amide bonds. The molecule has 0 saturated carbocycles. The average Bonchev–Trinajstić information content (AvgIpc) is 2.96. The lowest BCUT2D eigenvalue weighted by Crippen LogP contribution is -2.48. The number of hydrogen-bond acceptors (Lipinski definition) is 8. The highest BCUT2D eigenvalue weighted by molar-refractivity contribution is 7.18. The number of nitrogen functional groups attached to an aromatic ring is 1. The van der Waals surface area contributed by atoms with E-state index in [0.717, 1.165) is 48.2 Å². The van der Waals surface area contributed by atoms with E-state index >= 15 is 0 Å². The summed E-state index contributed by atoms with van der Waals surface area (Å²) in [5, 5.41) is 1.01. The van der Waals surface area contributed by atoms with Crippen LogP contribution in [0.15, 0.2) is 18.5 Å². The van der Waals surface area contributed by atoms with Crippen molar-refractivity contribution in [1.82, 2.24) is 24.8 Å². The molecule has 1 aliphatic rings. The van der Waals surface area contributed by atoms with Crippen molar-refractivity contribution >= 4 is 33.3 Å². The van der Waals surface area contributed by atoms with Gasteiger partial charge in [0, 0.05) is 43.4 Å². The molecule has 1 unspecified atom stereocenters. The number of hydrogen-bond donors (Lipinski definition) is 1. The SMILES string of the molecule is Cc1sc2nc(C(C)N3CCN(c4ncccn4)CC3)nc(N)c2c1C. The molecule has 1 fully saturated rings. The molecule has 0 bridgehead atoms. The first kappa shape index (κ1) is 17.1. The monoisotopic (exact) mass is 369 g/mol. The van der Waals surface area contributed by atoms with E-state index in [1.807, 2.05) is 6.07 Å². The van der Waals surface area contributed by atoms with Gasteiger partial charge in [-0.25, -0.2) is 19.9 Å². The molecular formula is C18H23N7S. The summed E-state index contributed by atoms with van der Waals surface area (Å²) < 4.78 is 0. The minimum Gasteiger partial charge on any atom is -0.383 e. The van der Waals surface area contributed by atoms with Crippen molar-refractivity contribution < 1.29 is 0 Å². The first-order chi connectivity index (χ1) is 12.5. The van der Waals surface area contributed by atoms with Gasteiger partial charge in [-0.15, -0.1) is 11.3 Å². The summed E-state index contributed by atoms with van der Waals surface area (Å²) in [5.74, 6) is 2.20. The zero-order valence-corrected chi connectivity index (χ0v) is 16.1. The van der Waals surface area contributed by atoms with Crippen LogP contribution in [0.3, 0.4) is 0 Å². The van der Waals surface area contributed by atoms with Crippen LogP contribution in [0.4, 0.5) is 11.8 Å². The molecule has 8 heteroatoms. The molecule has 0 spiro atoms. The maximum absolute atomic E-state index is 6.25. The molecule has 1 saturated heterocycles. The highest BCUT2D eigenvalue weighted by Gasteiger charge is 2.26. The van der Waals surface area contributed by atoms with Crippen molar-refractivity contribution in [3.05, 3.63) is 34.7 Å². The van der Waals surface area contributed by atoms with Crippen molar-refractivity contribution in [1.29, 1.82) is 0 Å². The van der Waals surface area contributed by atoms with Crippen molar-refractivity contribution in [3.63, 3.8) is 0 Å². The van der Waals surface area contributed by atoms with E-state index in [9.17, 15) is 0 Å². The fraction of sp³-hybridized carbons (Fsp3) is 0.444. The van der Waals surface area contributed by atoms with Crippen LogP contribution in [0.5, 0.6) is 0 Å². The lowest BCUT2D eigenvalue weighted by atomic mass is 10.2. The van der Waals surface area contributed by atoms with Crippen LogP contribution < -0.4 is 10.6 Å². The number of nitrogens with two attached hydrogens (primary N) is 1. The van der Waals surface area contributed by atoms with Crippen molar-refractivity contribution in [3.8, 4) is 0 Å². The zero-order chi connectivity index (χ0) is 18.3. The van der Waals surface area contributed by atoms with E-state index in [2.05, 4.69) is 45.5 Å². The average molecular weight is 369 g/mol. The molecular weight excluding hydrogens is 346 g/mol. The second kappa shape index (κ2) is 6.77. The number of rotatable bonds is 3. The standard InChI is InChI=1S/C18H23N7S/c1-11-13(3)26-17-14(11)15(19)22-16(23-17)12(2)24-7-9-25(10-8-24)18-20-5-4-6-21-18/h4-6,12H,7-10H2,1-3H3,(H2,19,22,23). The maximum Gasteiger partial charge on any atom is 0.225 e. The van der Waals surface area contributed by atoms with Crippen LogP contribution in [0.1, 0.15) is 29.2 Å². The number of fused-ring (bicyclic) bond motifs is 1. The largest absolute Gasteiger partial charge is 0.383 e. The van der Waals surface area contributed by atoms with Gasteiger partial charge in [-0.2, -0.15) is 0 Å². The summed E-state index contributed by atoms with van der Waals surface area (Å²) in [6.45, 7) is 9.97. The summed E-state index contributed by atoms with van der Waals surface area (Å²) >= 11 is 1.69. The minimum absolute atomic E-state index is 0.128. The summed E-state index contributed by atoms with van der Waals surface area (Å²) in [6, 6.07) is 1.97. The quantitative estimate of drug-likeness (QED) is 0.759. The Morgan fingerprint density at radius 1 is 1.08 bits per heavy atom. The summed E-state index contributed by atoms with van der Waals surface area (Å²) in [4.78, 5) is 25.0. The van der Waals surface area contributed by atoms with E-state index < -0.39 is 0 Å². The van der Waals surface area contributed by atoms with Crippen LogP contribution in [0.2, 0.25) is 0 Å². The van der Waals surface area contributed by atoms with Crippen molar-refractivity contribution in [2.45, 2.75) is 26.8 Å². The Morgan fingerprint density at radius 3 is 2.46 bits per heavy atom. The molecule has 3 aromatic heterocycles. The molecule has 136 valence electrons. The Hall–Kier alpha value is -2.32. The predicted molar refractivity (Wildman–Crippen MR) is 106 cm³/mol. The number of nitrogens with zero attached hydrogens (tertiary/aromatic N) is 6. The van der Waals surface area contributed by atoms with Gasteiger partial charge in [0.1, 0.15) is 16.5 Å². The number of anilines is 2. The summed E-state index contributed by atoms with van der Waals surface area (Å²) in [5.41, 5.74) is 7.44. The third kappa shape index (κ3) is 2.99. The molecule has 4 rings (SSSR count). The Morgan fingerprint density at radius 2 is 1.77 bits per heavy atom. The normalized spacial score (nSPS) is 17.0. The van der Waals surface area contributed by atoms with E-state index in [-0.39, 0.29) is 6.04 Å². The Balaban J connectivity index is 1.52. The first-order valence-corrected chi connectivity index (χ1v) is 9.65. The molecule has 0 radical (unpaired) electrons. The van der Waals surface area contributed by atoms with Crippen LogP contribution in [-0.2, 0) is 0 Å². The molecule has 4 heterocycles. The van der Waals surface area contributed by atoms with Gasteiger partial charge in [0.25, 0.3) is 0 Å². The van der Waals surface area contributed by atoms with E-state index in [4.69, 9.17) is 10.7 Å². The number of thiophene rings is 1. The van der Waals surface area contributed by atoms with Gasteiger partial charge in [0.15, 0.2) is 0 Å². The number of piperazine rings is 1. The number of aromatic nitrogens is 4. The molecule has 26 heavy (non-hydrogen) atoms. The lowest BCUT2D eigenvalue weighted by Gasteiger charge is -2.37. The highest BCUT2D eigenvalue weighted by Crippen LogP contribution is 2.33. The zero-order valence-electron chi connectivity index (χ0n) is 15.3. The summed E-state index contributed by atoms with van der Waals surface area (Å²) in [6.07, 6.45) is 3.57. The van der Waals surface area contributed by atoms with E-state index in [0.29, 0.717) is 5.82 Å². The molecule has 2 N–H and O–H groups in total. The van der Waals surface area contributed by atoms with Gasteiger partial charge in [-0.05, 0) is 32.4 Å². The van der Waals surface area contributed by atoms with Crippen molar-refractivity contribution in [2.24, 2.45) is 0 Å². The Labute approximate surface area is 156 Å². The number of aryl methyl sites for hydroxylation is 2. The van der Waals surface area contributed by atoms with Gasteiger partial charge in [0.05, 0.1) is 11.4 Å². The van der Waals surface area contributed by atoms with Crippen molar-refractivity contribution in [2.75, 3.05) is 36.8 Å². The topological polar surface area (TPSA) is 84.1 Å². The van der Waals surface area contributed by atoms with Crippen LogP contribution in [0, 0.1) is 13.8 Å². The molecule has 0 aromatic carbocycles. The van der Waals surface area contributed by atoms with Gasteiger partial charge < -0.3 is 10.6 Å². The van der Waals surface area contributed by atoms with Crippen LogP contribution in [-0.4, -0.2) is 51.0 Å². The van der Waals surface area contributed by atoms with E-state index in [1.54, 1.807) is 23.7 Å². The second-order valence-corrected chi connectivity index (χ2v) is 7.88. The molecule has 7 nitrogen and oxygen atoms in total. The predicted octanol–water partition coefficient (Wildman–Crippen LogP) is 2.56. The van der Waals surface area contributed by atoms with E-state index in [1.165, 1.54) is 10.4 Å². The molecule has 1 aliphatic heterocycles. The van der Waals surface area contributed by atoms with Gasteiger partial charge in [-0.3, -0.25) is 4.90 Å². The minimum atomic E-state index is 0.128. The van der Waals surface area contributed by atoms with Crippen LogP contribution >= 0.6 is 11.3 Å². The highest BCUT2D eigenvalue weighted by atomic mass is 32.1. The first-order valence-electron chi connectivity index (χ1n) is 8.83. The fourth-order valence-electron chi connectivity index (χ4n) is 3.41. The fourth-order valence-corrected chi connectivity index (χ4v) is 4.46. The van der Waals surface area contributed by atoms with Gasteiger partial charge in [0.2, 0.25) is 5.95 Å². The Kier molecular flexibility index (Phi) is 4.46. The summed E-state index contributed by atoms with van der Waals surface area (Å²) in [7, 11) is 0. The Bertz CT molecular complexity index is 916. The molecule has 0 aliphatic carbocycles. The maximum atomic E-state index is 6.25. The van der Waals surface area contributed by atoms with Gasteiger partial charge >= 0.3 is 0 Å². The molecule has 3 aromatic rings. The smallest absolute Gasteiger partial charge is 0.225 e. The van der Waals surface area contributed by atoms with Gasteiger partial charge in [-0.1, -0.05) is 0 Å². The lowest BCUT2D eigenvalue weighted by molar-refractivity contribution is 0.191. The van der Waals surface area contributed by atoms with Crippen LogP contribution in [0.25, 0.3) is 10.2 Å². The third-order valence-electron chi connectivity index (χ3n) is 5.14. The third-order valence-corrected chi connectivity index (χ3v) is 6.25. The second-order valence-electron chi connectivity index (χ2n) is 6.68.